The Labute approximate surface area is 225 Å². The van der Waals surface area contributed by atoms with E-state index in [2.05, 4.69) is 22.9 Å². The van der Waals surface area contributed by atoms with Crippen LogP contribution in [0.2, 0.25) is 0 Å². The number of nitrogens with zero attached hydrogens (tertiary/aromatic N) is 1. The van der Waals surface area contributed by atoms with Gasteiger partial charge < -0.3 is 35.4 Å². The minimum absolute atomic E-state index is 0.0181. The van der Waals surface area contributed by atoms with E-state index in [1.54, 1.807) is 35.2 Å². The summed E-state index contributed by atoms with van der Waals surface area (Å²) in [5, 5.41) is 18.8. The lowest BCUT2D eigenvalue weighted by Gasteiger charge is -2.34. The molecule has 38 heavy (non-hydrogen) atoms. The lowest BCUT2D eigenvalue weighted by atomic mass is 10.0. The van der Waals surface area contributed by atoms with Gasteiger partial charge in [0.25, 0.3) is 5.91 Å². The minimum Gasteiger partial charge on any atom is -0.490 e. The van der Waals surface area contributed by atoms with Crippen molar-refractivity contribution < 1.29 is 24.2 Å². The van der Waals surface area contributed by atoms with Crippen LogP contribution in [0.15, 0.2) is 48.5 Å². The van der Waals surface area contributed by atoms with E-state index < -0.39 is 12.1 Å². The molecule has 2 aromatic rings. The molecule has 0 radical (unpaired) electrons. The Balaban J connectivity index is 1.93. The van der Waals surface area contributed by atoms with Gasteiger partial charge in [0.1, 0.15) is 5.75 Å². The third-order valence-electron chi connectivity index (χ3n) is 6.75. The first-order chi connectivity index (χ1) is 18.3. The first-order valence-corrected chi connectivity index (χ1v) is 13.4. The highest BCUT2D eigenvalue weighted by molar-refractivity contribution is 6.02. The molecule has 1 aliphatic rings. The van der Waals surface area contributed by atoms with Crippen LogP contribution in [-0.2, 0) is 4.74 Å². The molecule has 208 valence electrons. The fourth-order valence-electron chi connectivity index (χ4n) is 4.51. The highest BCUT2D eigenvalue weighted by Crippen LogP contribution is 2.28. The van der Waals surface area contributed by atoms with Crippen LogP contribution in [0.5, 0.6) is 5.75 Å². The van der Waals surface area contributed by atoms with Gasteiger partial charge in [-0.3, -0.25) is 4.79 Å². The molecule has 0 aliphatic carbocycles. The average Bonchev–Trinajstić information content (AvgIpc) is 2.90. The Kier molecular flexibility index (Phi) is 11.4. The van der Waals surface area contributed by atoms with E-state index in [1.807, 2.05) is 39.1 Å². The zero-order valence-corrected chi connectivity index (χ0v) is 22.9. The molecule has 0 saturated heterocycles. The SMILES string of the molecule is CNC[C@H]1OCCCC[C@@H](C)Oc2ccc(NC(=O)Nc3ccccc3)cc2C(=O)N([C@H](C)CO)C[C@H]1C. The number of fused-ring (bicyclic) bond motifs is 1. The van der Waals surface area contributed by atoms with Gasteiger partial charge in [-0.25, -0.2) is 4.79 Å². The molecule has 0 bridgehead atoms. The smallest absolute Gasteiger partial charge is 0.323 e. The molecule has 3 rings (SSSR count). The number of ether oxygens (including phenoxy) is 2. The number of para-hydroxylation sites is 1. The second-order valence-corrected chi connectivity index (χ2v) is 10.0. The van der Waals surface area contributed by atoms with E-state index in [4.69, 9.17) is 9.47 Å². The van der Waals surface area contributed by atoms with Crippen molar-refractivity contribution in [2.45, 2.75) is 58.3 Å². The standard InChI is InChI=1S/C29H42N4O5/c1-20-18-33(21(2)19-34)28(35)25-16-24(32-29(36)31-23-11-6-5-7-12-23)13-14-26(25)38-22(3)10-8-9-15-37-27(20)17-30-4/h5-7,11-14,16,20-22,27,30,34H,8-10,15,17-19H2,1-4H3,(H2,31,32,36)/t20-,21-,22-,27-/m1/s1. The minimum atomic E-state index is -0.420. The van der Waals surface area contributed by atoms with Crippen molar-refractivity contribution in [2.24, 2.45) is 5.92 Å². The van der Waals surface area contributed by atoms with E-state index in [-0.39, 0.29) is 30.6 Å². The Hall–Kier alpha value is -3.14. The maximum atomic E-state index is 14.0. The molecule has 0 saturated carbocycles. The Morgan fingerprint density at radius 1 is 1.11 bits per heavy atom. The predicted octanol–water partition coefficient (Wildman–Crippen LogP) is 4.35. The number of hydrogen-bond acceptors (Lipinski definition) is 6. The van der Waals surface area contributed by atoms with E-state index >= 15 is 0 Å². The first-order valence-electron chi connectivity index (χ1n) is 13.4. The van der Waals surface area contributed by atoms with Crippen LogP contribution in [0, 0.1) is 5.92 Å². The Bertz CT molecular complexity index is 1030. The van der Waals surface area contributed by atoms with Gasteiger partial charge in [-0.1, -0.05) is 25.1 Å². The second kappa shape index (κ2) is 14.7. The zero-order chi connectivity index (χ0) is 27.5. The van der Waals surface area contributed by atoms with Crippen molar-refractivity contribution in [3.63, 3.8) is 0 Å². The maximum absolute atomic E-state index is 14.0. The van der Waals surface area contributed by atoms with Crippen molar-refractivity contribution in [3.05, 3.63) is 54.1 Å². The number of likely N-dealkylation sites (N-methyl/N-ethyl adjacent to an activating group) is 1. The molecule has 4 atom stereocenters. The summed E-state index contributed by atoms with van der Waals surface area (Å²) in [5.74, 6) is 0.206. The first kappa shape index (κ1) is 29.4. The number of carbonyl (C=O) groups is 2. The van der Waals surface area contributed by atoms with E-state index in [0.717, 1.165) is 19.3 Å². The number of anilines is 2. The molecule has 0 fully saturated rings. The molecule has 0 aromatic heterocycles. The summed E-state index contributed by atoms with van der Waals surface area (Å²) in [6, 6.07) is 13.4. The normalized spacial score (nSPS) is 22.0. The van der Waals surface area contributed by atoms with Gasteiger partial charge in [0.15, 0.2) is 0 Å². The van der Waals surface area contributed by atoms with Crippen LogP contribution in [0.1, 0.15) is 50.4 Å². The number of hydrogen-bond donors (Lipinski definition) is 4. The fourth-order valence-corrected chi connectivity index (χ4v) is 4.51. The molecule has 0 spiro atoms. The summed E-state index contributed by atoms with van der Waals surface area (Å²) in [4.78, 5) is 28.3. The topological polar surface area (TPSA) is 112 Å². The van der Waals surface area contributed by atoms with E-state index in [1.165, 1.54) is 0 Å². The van der Waals surface area contributed by atoms with Gasteiger partial charge in [0.2, 0.25) is 0 Å². The van der Waals surface area contributed by atoms with Crippen molar-refractivity contribution >= 4 is 23.3 Å². The number of urea groups is 1. The van der Waals surface area contributed by atoms with Crippen LogP contribution < -0.4 is 20.7 Å². The van der Waals surface area contributed by atoms with Crippen LogP contribution >= 0.6 is 0 Å². The summed E-state index contributed by atoms with van der Waals surface area (Å²) >= 11 is 0. The Morgan fingerprint density at radius 2 is 1.84 bits per heavy atom. The molecular weight excluding hydrogens is 484 g/mol. The molecule has 1 aliphatic heterocycles. The van der Waals surface area contributed by atoms with Gasteiger partial charge in [0, 0.05) is 37.0 Å². The lowest BCUT2D eigenvalue weighted by molar-refractivity contribution is -0.000450. The van der Waals surface area contributed by atoms with Crippen molar-refractivity contribution in [1.29, 1.82) is 0 Å². The van der Waals surface area contributed by atoms with Crippen LogP contribution in [-0.4, -0.2) is 73.5 Å². The monoisotopic (exact) mass is 526 g/mol. The maximum Gasteiger partial charge on any atom is 0.323 e. The third kappa shape index (κ3) is 8.44. The Morgan fingerprint density at radius 3 is 2.55 bits per heavy atom. The number of amides is 3. The fraction of sp³-hybridized carbons (Fsp3) is 0.517. The van der Waals surface area contributed by atoms with Gasteiger partial charge in [-0.15, -0.1) is 0 Å². The summed E-state index contributed by atoms with van der Waals surface area (Å²) < 4.78 is 12.4. The third-order valence-corrected chi connectivity index (χ3v) is 6.75. The average molecular weight is 527 g/mol. The highest BCUT2D eigenvalue weighted by Gasteiger charge is 2.29. The van der Waals surface area contributed by atoms with E-state index in [0.29, 0.717) is 42.4 Å². The summed E-state index contributed by atoms with van der Waals surface area (Å²) in [6.07, 6.45) is 2.49. The van der Waals surface area contributed by atoms with Gasteiger partial charge in [0.05, 0.1) is 30.4 Å². The summed E-state index contributed by atoms with van der Waals surface area (Å²) in [5.41, 5.74) is 1.46. The highest BCUT2D eigenvalue weighted by atomic mass is 16.5. The van der Waals surface area contributed by atoms with E-state index in [9.17, 15) is 14.7 Å². The molecule has 9 heteroatoms. The molecular formula is C29H42N4O5. The number of benzene rings is 2. The quantitative estimate of drug-likeness (QED) is 0.445. The number of aliphatic hydroxyl groups is 1. The number of aliphatic hydroxyl groups excluding tert-OH is 1. The largest absolute Gasteiger partial charge is 0.490 e. The van der Waals surface area contributed by atoms with Crippen molar-refractivity contribution in [3.8, 4) is 5.75 Å². The zero-order valence-electron chi connectivity index (χ0n) is 22.9. The second-order valence-electron chi connectivity index (χ2n) is 10.0. The number of rotatable bonds is 6. The molecule has 3 amide bonds. The number of carbonyl (C=O) groups excluding carboxylic acids is 2. The van der Waals surface area contributed by atoms with Gasteiger partial charge in [-0.2, -0.15) is 0 Å². The van der Waals surface area contributed by atoms with Crippen LogP contribution in [0.3, 0.4) is 0 Å². The summed E-state index contributed by atoms with van der Waals surface area (Å²) in [7, 11) is 1.89. The van der Waals surface area contributed by atoms with Crippen LogP contribution in [0.25, 0.3) is 0 Å². The molecule has 1 heterocycles. The van der Waals surface area contributed by atoms with Gasteiger partial charge in [-0.05, 0) is 70.5 Å². The summed E-state index contributed by atoms with van der Waals surface area (Å²) in [6.45, 7) is 7.39. The molecule has 9 nitrogen and oxygen atoms in total. The van der Waals surface area contributed by atoms with Crippen molar-refractivity contribution in [2.75, 3.05) is 44.0 Å². The van der Waals surface area contributed by atoms with Crippen molar-refractivity contribution in [1.82, 2.24) is 10.2 Å². The predicted molar refractivity (Wildman–Crippen MR) is 150 cm³/mol. The lowest BCUT2D eigenvalue weighted by Crippen LogP contribution is -2.47. The molecule has 0 unspecified atom stereocenters. The number of nitrogens with one attached hydrogen (secondary N) is 3. The van der Waals surface area contributed by atoms with Gasteiger partial charge >= 0.3 is 6.03 Å². The molecule has 4 N–H and O–H groups in total. The van der Waals surface area contributed by atoms with Crippen LogP contribution in [0.4, 0.5) is 16.2 Å². The molecule has 2 aromatic carbocycles.